The van der Waals surface area contributed by atoms with Gasteiger partial charge in [0.15, 0.2) is 0 Å². The van der Waals surface area contributed by atoms with Gasteiger partial charge in [-0.25, -0.2) is 0 Å². The maximum absolute atomic E-state index is 3.83. The second kappa shape index (κ2) is 6.38. The highest BCUT2D eigenvalue weighted by Crippen LogP contribution is 2.43. The highest BCUT2D eigenvalue weighted by Gasteiger charge is 2.36. The minimum Gasteiger partial charge on any atom is -0.316 e. The minimum atomic E-state index is 0.547. The van der Waals surface area contributed by atoms with Gasteiger partial charge in [-0.2, -0.15) is 0 Å². The van der Waals surface area contributed by atoms with Crippen molar-refractivity contribution in [3.63, 3.8) is 0 Å². The molecule has 2 N–H and O–H groups in total. The summed E-state index contributed by atoms with van der Waals surface area (Å²) in [5, 5.41) is 7.44. The van der Waals surface area contributed by atoms with Gasteiger partial charge in [0.1, 0.15) is 0 Å². The number of nitrogens with one attached hydrogen (secondary N) is 2. The molecule has 0 aromatic heterocycles. The molecule has 0 bridgehead atoms. The van der Waals surface area contributed by atoms with E-state index in [0.29, 0.717) is 10.8 Å². The summed E-state index contributed by atoms with van der Waals surface area (Å²) in [5.74, 6) is 0. The molecule has 0 radical (unpaired) electrons. The van der Waals surface area contributed by atoms with Crippen LogP contribution in [0.4, 0.5) is 0 Å². The van der Waals surface area contributed by atoms with Gasteiger partial charge in [0.2, 0.25) is 0 Å². The monoisotopic (exact) mass is 252 g/mol. The van der Waals surface area contributed by atoms with Gasteiger partial charge in [-0.15, -0.1) is 0 Å². The third-order valence-electron chi connectivity index (χ3n) is 5.51. The van der Waals surface area contributed by atoms with Gasteiger partial charge in [-0.05, 0) is 55.9 Å². The van der Waals surface area contributed by atoms with Gasteiger partial charge in [0, 0.05) is 19.6 Å². The predicted molar refractivity (Wildman–Crippen MR) is 78.9 cm³/mol. The van der Waals surface area contributed by atoms with E-state index >= 15 is 0 Å². The smallest absolute Gasteiger partial charge is 0.00202 e. The predicted octanol–water partition coefficient (Wildman–Crippen LogP) is 3.33. The number of rotatable bonds is 7. The first-order valence-electron chi connectivity index (χ1n) is 8.16. The van der Waals surface area contributed by atoms with Crippen LogP contribution in [0.1, 0.15) is 65.2 Å². The maximum Gasteiger partial charge on any atom is 0.00202 e. The van der Waals surface area contributed by atoms with Crippen LogP contribution in [0.15, 0.2) is 0 Å². The van der Waals surface area contributed by atoms with Crippen LogP contribution >= 0.6 is 0 Å². The summed E-state index contributed by atoms with van der Waals surface area (Å²) in [6, 6.07) is 0. The third-order valence-corrected chi connectivity index (χ3v) is 5.51. The summed E-state index contributed by atoms with van der Waals surface area (Å²) < 4.78 is 0. The van der Waals surface area contributed by atoms with Crippen LogP contribution in [0.3, 0.4) is 0 Å². The van der Waals surface area contributed by atoms with Gasteiger partial charge in [-0.3, -0.25) is 0 Å². The SMILES string of the molecule is CCCC1(CNCC2(CC)CCC2)CCCNC1. The second-order valence-electron chi connectivity index (χ2n) is 6.84. The molecule has 1 atom stereocenters. The van der Waals surface area contributed by atoms with Gasteiger partial charge in [-0.1, -0.05) is 26.7 Å². The van der Waals surface area contributed by atoms with Crippen LogP contribution in [0.2, 0.25) is 0 Å². The van der Waals surface area contributed by atoms with Crippen LogP contribution in [-0.4, -0.2) is 26.2 Å². The minimum absolute atomic E-state index is 0.547. The number of hydrogen-bond donors (Lipinski definition) is 2. The largest absolute Gasteiger partial charge is 0.316 e. The summed E-state index contributed by atoms with van der Waals surface area (Å²) in [6.07, 6.45) is 11.2. The lowest BCUT2D eigenvalue weighted by molar-refractivity contribution is 0.108. The molecule has 1 saturated carbocycles. The van der Waals surface area contributed by atoms with Crippen LogP contribution in [0.5, 0.6) is 0 Å². The maximum atomic E-state index is 3.83. The van der Waals surface area contributed by atoms with Crippen molar-refractivity contribution in [2.24, 2.45) is 10.8 Å². The zero-order valence-electron chi connectivity index (χ0n) is 12.5. The molecular formula is C16H32N2. The van der Waals surface area contributed by atoms with Crippen molar-refractivity contribution in [1.82, 2.24) is 10.6 Å². The van der Waals surface area contributed by atoms with Crippen molar-refractivity contribution < 1.29 is 0 Å². The molecule has 106 valence electrons. The molecule has 0 spiro atoms. The first-order chi connectivity index (χ1) is 8.74. The lowest BCUT2D eigenvalue weighted by Gasteiger charge is -2.44. The van der Waals surface area contributed by atoms with Crippen molar-refractivity contribution in [2.75, 3.05) is 26.2 Å². The molecule has 2 fully saturated rings. The average molecular weight is 252 g/mol. The summed E-state index contributed by atoms with van der Waals surface area (Å²) in [4.78, 5) is 0. The van der Waals surface area contributed by atoms with E-state index in [2.05, 4.69) is 24.5 Å². The Balaban J connectivity index is 1.78. The van der Waals surface area contributed by atoms with E-state index in [1.165, 1.54) is 77.5 Å². The third kappa shape index (κ3) is 3.27. The Hall–Kier alpha value is -0.0800. The van der Waals surface area contributed by atoms with Crippen molar-refractivity contribution >= 4 is 0 Å². The second-order valence-corrected chi connectivity index (χ2v) is 6.84. The summed E-state index contributed by atoms with van der Waals surface area (Å²) in [7, 11) is 0. The first-order valence-corrected chi connectivity index (χ1v) is 8.16. The quantitative estimate of drug-likeness (QED) is 0.726. The van der Waals surface area contributed by atoms with E-state index in [1.54, 1.807) is 0 Å². The molecule has 1 saturated heterocycles. The van der Waals surface area contributed by atoms with Crippen molar-refractivity contribution in [1.29, 1.82) is 0 Å². The lowest BCUT2D eigenvalue weighted by Crippen LogP contribution is -2.49. The zero-order valence-corrected chi connectivity index (χ0v) is 12.5. The molecule has 1 heterocycles. The van der Waals surface area contributed by atoms with E-state index in [1.807, 2.05) is 0 Å². The Morgan fingerprint density at radius 3 is 2.22 bits per heavy atom. The summed E-state index contributed by atoms with van der Waals surface area (Å²) >= 11 is 0. The molecule has 1 aliphatic heterocycles. The summed E-state index contributed by atoms with van der Waals surface area (Å²) in [5.41, 5.74) is 1.21. The zero-order chi connectivity index (χ0) is 12.9. The molecule has 0 aromatic carbocycles. The lowest BCUT2D eigenvalue weighted by atomic mass is 9.67. The van der Waals surface area contributed by atoms with Crippen LogP contribution in [0.25, 0.3) is 0 Å². The first kappa shape index (κ1) is 14.3. The van der Waals surface area contributed by atoms with Crippen LogP contribution in [0, 0.1) is 10.8 Å². The Labute approximate surface area is 113 Å². The Bertz CT molecular complexity index is 228. The Kier molecular flexibility index (Phi) is 5.08. The van der Waals surface area contributed by atoms with Crippen LogP contribution < -0.4 is 10.6 Å². The van der Waals surface area contributed by atoms with E-state index < -0.39 is 0 Å². The summed E-state index contributed by atoms with van der Waals surface area (Å²) in [6.45, 7) is 9.64. The highest BCUT2D eigenvalue weighted by molar-refractivity contribution is 4.91. The van der Waals surface area contributed by atoms with Gasteiger partial charge in [0.05, 0.1) is 0 Å². The number of hydrogen-bond acceptors (Lipinski definition) is 2. The molecule has 1 unspecified atom stereocenters. The van der Waals surface area contributed by atoms with Gasteiger partial charge >= 0.3 is 0 Å². The molecule has 1 aliphatic carbocycles. The van der Waals surface area contributed by atoms with Crippen molar-refractivity contribution in [3.05, 3.63) is 0 Å². The topological polar surface area (TPSA) is 24.1 Å². The fourth-order valence-corrected chi connectivity index (χ4v) is 3.94. The fraction of sp³-hybridized carbons (Fsp3) is 1.00. The number of piperidine rings is 1. The Morgan fingerprint density at radius 2 is 1.72 bits per heavy atom. The van der Waals surface area contributed by atoms with E-state index in [-0.39, 0.29) is 0 Å². The molecule has 2 nitrogen and oxygen atoms in total. The standard InChI is InChI=1S/C16H32N2/c1-3-7-16(10-6-11-17-13-16)14-18-12-15(4-2)8-5-9-15/h17-18H,3-14H2,1-2H3. The van der Waals surface area contributed by atoms with Crippen LogP contribution in [-0.2, 0) is 0 Å². The average Bonchev–Trinajstić information content (AvgIpc) is 2.34. The molecule has 0 amide bonds. The van der Waals surface area contributed by atoms with Gasteiger partial charge in [0.25, 0.3) is 0 Å². The molecule has 2 heteroatoms. The molecule has 0 aromatic rings. The van der Waals surface area contributed by atoms with E-state index in [4.69, 9.17) is 0 Å². The van der Waals surface area contributed by atoms with E-state index in [9.17, 15) is 0 Å². The molecule has 2 aliphatic rings. The molecular weight excluding hydrogens is 220 g/mol. The molecule has 2 rings (SSSR count). The fourth-order valence-electron chi connectivity index (χ4n) is 3.94. The van der Waals surface area contributed by atoms with Gasteiger partial charge < -0.3 is 10.6 Å². The van der Waals surface area contributed by atoms with E-state index in [0.717, 1.165) is 0 Å². The van der Waals surface area contributed by atoms with Crippen molar-refractivity contribution in [2.45, 2.75) is 65.2 Å². The molecule has 18 heavy (non-hydrogen) atoms. The van der Waals surface area contributed by atoms with Crippen molar-refractivity contribution in [3.8, 4) is 0 Å². The highest BCUT2D eigenvalue weighted by atomic mass is 15.0. The Morgan fingerprint density at radius 1 is 1.00 bits per heavy atom. The normalized spacial score (nSPS) is 31.0.